The molecule has 2 heterocycles. The third kappa shape index (κ3) is 2.51. The van der Waals surface area contributed by atoms with Crippen LogP contribution in [-0.2, 0) is 0 Å². The van der Waals surface area contributed by atoms with Crippen molar-refractivity contribution in [3.8, 4) is 0 Å². The molecule has 0 bridgehead atoms. The Morgan fingerprint density at radius 3 is 2.61 bits per heavy atom. The molecule has 1 fully saturated rings. The molecule has 0 spiro atoms. The summed E-state index contributed by atoms with van der Waals surface area (Å²) in [6.07, 6.45) is 3.70. The Balaban J connectivity index is 2.12. The van der Waals surface area contributed by atoms with Gasteiger partial charge in [0.2, 0.25) is 0 Å². The van der Waals surface area contributed by atoms with E-state index in [2.05, 4.69) is 38.8 Å². The summed E-state index contributed by atoms with van der Waals surface area (Å²) < 4.78 is 1.04. The number of piperidine rings is 1. The molecule has 98 valence electrons. The van der Waals surface area contributed by atoms with Crippen molar-refractivity contribution in [2.75, 3.05) is 18.0 Å². The highest BCUT2D eigenvalue weighted by molar-refractivity contribution is 9.10. The molecule has 0 unspecified atom stereocenters. The molecular formula is C13H19BrN4. The normalized spacial score (nSPS) is 18.7. The second kappa shape index (κ2) is 4.88. The third-order valence-corrected chi connectivity index (χ3v) is 4.36. The van der Waals surface area contributed by atoms with E-state index in [1.807, 2.05) is 13.1 Å². The topological polar surface area (TPSA) is 66.0 Å². The largest absolute Gasteiger partial charge is 0.387 e. The molecule has 0 saturated carbocycles. The average Bonchev–Trinajstić information content (AvgIpc) is 2.31. The molecular weight excluding hydrogens is 292 g/mol. The zero-order chi connectivity index (χ0) is 13.3. The van der Waals surface area contributed by atoms with E-state index in [-0.39, 0.29) is 5.41 Å². The van der Waals surface area contributed by atoms with Crippen molar-refractivity contribution < 1.29 is 0 Å². The first-order valence-corrected chi connectivity index (χ1v) is 6.93. The van der Waals surface area contributed by atoms with Crippen molar-refractivity contribution >= 4 is 27.6 Å². The SMILES string of the molecule is Cc1cnc(N2CCC(C)(C(=N)N)CC2)c(Br)c1. The Bertz CT molecular complexity index is 464. The maximum absolute atomic E-state index is 7.66. The Morgan fingerprint density at radius 2 is 2.11 bits per heavy atom. The molecule has 1 aliphatic heterocycles. The van der Waals surface area contributed by atoms with Crippen LogP contribution < -0.4 is 10.6 Å². The number of nitrogens with one attached hydrogen (secondary N) is 1. The average molecular weight is 311 g/mol. The molecule has 1 aromatic heterocycles. The Morgan fingerprint density at radius 1 is 1.50 bits per heavy atom. The van der Waals surface area contributed by atoms with Crippen LogP contribution in [-0.4, -0.2) is 23.9 Å². The number of aromatic nitrogens is 1. The number of nitrogens with zero attached hydrogens (tertiary/aromatic N) is 2. The van der Waals surface area contributed by atoms with E-state index in [9.17, 15) is 0 Å². The lowest BCUT2D eigenvalue weighted by Crippen LogP contribution is -2.45. The first-order valence-electron chi connectivity index (χ1n) is 6.14. The smallest absolute Gasteiger partial charge is 0.142 e. The number of halogens is 1. The summed E-state index contributed by atoms with van der Waals surface area (Å²) in [6, 6.07) is 2.08. The number of aryl methyl sites for hydroxylation is 1. The lowest BCUT2D eigenvalue weighted by atomic mass is 9.79. The molecule has 18 heavy (non-hydrogen) atoms. The molecule has 0 amide bonds. The van der Waals surface area contributed by atoms with Crippen LogP contribution in [0.4, 0.5) is 5.82 Å². The molecule has 5 heteroatoms. The Hall–Kier alpha value is -1.10. The number of nitrogens with two attached hydrogens (primary N) is 1. The van der Waals surface area contributed by atoms with Gasteiger partial charge < -0.3 is 10.6 Å². The quantitative estimate of drug-likeness (QED) is 0.652. The lowest BCUT2D eigenvalue weighted by molar-refractivity contribution is 0.350. The van der Waals surface area contributed by atoms with Crippen LogP contribution in [0.2, 0.25) is 0 Å². The third-order valence-electron chi connectivity index (χ3n) is 3.78. The van der Waals surface area contributed by atoms with Crippen molar-refractivity contribution in [1.29, 1.82) is 5.41 Å². The number of hydrogen-bond donors (Lipinski definition) is 2. The highest BCUT2D eigenvalue weighted by atomic mass is 79.9. The maximum Gasteiger partial charge on any atom is 0.142 e. The van der Waals surface area contributed by atoms with E-state index < -0.39 is 0 Å². The first-order chi connectivity index (χ1) is 8.42. The van der Waals surface area contributed by atoms with Crippen LogP contribution >= 0.6 is 15.9 Å². The number of anilines is 1. The van der Waals surface area contributed by atoms with Gasteiger partial charge in [-0.25, -0.2) is 4.98 Å². The van der Waals surface area contributed by atoms with Gasteiger partial charge in [0, 0.05) is 24.7 Å². The van der Waals surface area contributed by atoms with Gasteiger partial charge in [0.25, 0.3) is 0 Å². The molecule has 2 rings (SSSR count). The van der Waals surface area contributed by atoms with Gasteiger partial charge in [-0.1, -0.05) is 6.92 Å². The summed E-state index contributed by atoms with van der Waals surface area (Å²) in [5.74, 6) is 1.30. The monoisotopic (exact) mass is 310 g/mol. The predicted octanol–water partition coefficient (Wildman–Crippen LogP) is 2.69. The van der Waals surface area contributed by atoms with Crippen LogP contribution in [0.15, 0.2) is 16.7 Å². The van der Waals surface area contributed by atoms with Gasteiger partial charge >= 0.3 is 0 Å². The number of rotatable bonds is 2. The highest BCUT2D eigenvalue weighted by Gasteiger charge is 2.33. The molecule has 0 atom stereocenters. The van der Waals surface area contributed by atoms with Crippen LogP contribution in [0.1, 0.15) is 25.3 Å². The van der Waals surface area contributed by atoms with Crippen molar-refractivity contribution in [2.24, 2.45) is 11.1 Å². The molecule has 1 saturated heterocycles. The van der Waals surface area contributed by atoms with Crippen molar-refractivity contribution in [1.82, 2.24) is 4.98 Å². The van der Waals surface area contributed by atoms with E-state index in [1.54, 1.807) is 0 Å². The van der Waals surface area contributed by atoms with Gasteiger partial charge in [-0.3, -0.25) is 5.41 Å². The van der Waals surface area contributed by atoms with Gasteiger partial charge in [0.15, 0.2) is 0 Å². The predicted molar refractivity (Wildman–Crippen MR) is 78.1 cm³/mol. The summed E-state index contributed by atoms with van der Waals surface area (Å²) in [5, 5.41) is 7.66. The van der Waals surface area contributed by atoms with E-state index in [4.69, 9.17) is 11.1 Å². The van der Waals surface area contributed by atoms with Crippen LogP contribution in [0.5, 0.6) is 0 Å². The van der Waals surface area contributed by atoms with Crippen LogP contribution in [0, 0.1) is 17.7 Å². The fraction of sp³-hybridized carbons (Fsp3) is 0.538. The minimum absolute atomic E-state index is 0.145. The highest BCUT2D eigenvalue weighted by Crippen LogP contribution is 2.34. The van der Waals surface area contributed by atoms with E-state index in [1.165, 1.54) is 0 Å². The standard InChI is InChI=1S/C13H19BrN4/c1-9-7-10(14)11(17-8-9)18-5-3-13(2,4-6-18)12(15)16/h7-8H,3-6H2,1-2H3,(H3,15,16). The zero-order valence-electron chi connectivity index (χ0n) is 10.8. The molecule has 0 aromatic carbocycles. The van der Waals surface area contributed by atoms with Crippen molar-refractivity contribution in [3.05, 3.63) is 22.3 Å². The fourth-order valence-electron chi connectivity index (χ4n) is 2.24. The summed E-state index contributed by atoms with van der Waals surface area (Å²) >= 11 is 3.57. The van der Waals surface area contributed by atoms with Crippen molar-refractivity contribution in [3.63, 3.8) is 0 Å². The minimum Gasteiger partial charge on any atom is -0.387 e. The summed E-state index contributed by atoms with van der Waals surface area (Å²) in [6.45, 7) is 5.89. The van der Waals surface area contributed by atoms with Gasteiger partial charge in [-0.05, 0) is 47.3 Å². The second-order valence-corrected chi connectivity index (χ2v) is 6.13. The molecule has 1 aromatic rings. The van der Waals surface area contributed by atoms with Crippen LogP contribution in [0.25, 0.3) is 0 Å². The van der Waals surface area contributed by atoms with Crippen LogP contribution in [0.3, 0.4) is 0 Å². The Labute approximate surface area is 116 Å². The number of amidine groups is 1. The molecule has 0 aliphatic carbocycles. The maximum atomic E-state index is 7.66. The molecule has 0 radical (unpaired) electrons. The fourth-order valence-corrected chi connectivity index (χ4v) is 2.95. The number of pyridine rings is 1. The lowest BCUT2D eigenvalue weighted by Gasteiger charge is -2.39. The molecule has 1 aliphatic rings. The van der Waals surface area contributed by atoms with Crippen molar-refractivity contribution in [2.45, 2.75) is 26.7 Å². The van der Waals surface area contributed by atoms with Gasteiger partial charge in [0.1, 0.15) is 5.82 Å². The van der Waals surface area contributed by atoms with Gasteiger partial charge in [0.05, 0.1) is 10.3 Å². The summed E-state index contributed by atoms with van der Waals surface area (Å²) in [7, 11) is 0. The van der Waals surface area contributed by atoms with E-state index >= 15 is 0 Å². The van der Waals surface area contributed by atoms with Gasteiger partial charge in [-0.2, -0.15) is 0 Å². The zero-order valence-corrected chi connectivity index (χ0v) is 12.4. The van der Waals surface area contributed by atoms with Gasteiger partial charge in [-0.15, -0.1) is 0 Å². The first kappa shape index (κ1) is 13.3. The van der Waals surface area contributed by atoms with E-state index in [0.29, 0.717) is 5.84 Å². The van der Waals surface area contributed by atoms with E-state index in [0.717, 1.165) is 41.8 Å². The minimum atomic E-state index is -0.145. The summed E-state index contributed by atoms with van der Waals surface area (Å²) in [4.78, 5) is 6.75. The Kier molecular flexibility index (Phi) is 3.61. The molecule has 3 N–H and O–H groups in total. The molecule has 4 nitrogen and oxygen atoms in total. The second-order valence-electron chi connectivity index (χ2n) is 5.28. The number of hydrogen-bond acceptors (Lipinski definition) is 3. The summed E-state index contributed by atoms with van der Waals surface area (Å²) in [5.41, 5.74) is 6.68.